The van der Waals surface area contributed by atoms with Gasteiger partial charge < -0.3 is 5.32 Å². The van der Waals surface area contributed by atoms with Crippen LogP contribution in [-0.4, -0.2) is 15.9 Å². The summed E-state index contributed by atoms with van der Waals surface area (Å²) < 4.78 is 0. The Bertz CT molecular complexity index is 782. The van der Waals surface area contributed by atoms with Gasteiger partial charge in [-0.25, -0.2) is 4.98 Å². The fraction of sp³-hybridized carbons (Fsp3) is 0.133. The minimum atomic E-state index is -0.490. The molecule has 3 rings (SSSR count). The van der Waals surface area contributed by atoms with Gasteiger partial charge in [0, 0.05) is 11.7 Å². The number of para-hydroxylation sites is 1. The Morgan fingerprint density at radius 2 is 2.13 bits per heavy atom. The third-order valence-corrected chi connectivity index (χ3v) is 3.95. The quantitative estimate of drug-likeness (QED) is 0.498. The number of thiazole rings is 1. The molecule has 23 heavy (non-hydrogen) atoms. The van der Waals surface area contributed by atoms with Gasteiger partial charge >= 0.3 is 5.00 Å². The zero-order chi connectivity index (χ0) is 16.1. The molecule has 2 aromatic rings. The van der Waals surface area contributed by atoms with E-state index >= 15 is 0 Å². The van der Waals surface area contributed by atoms with Gasteiger partial charge in [-0.2, -0.15) is 0 Å². The molecule has 116 valence electrons. The zero-order valence-corrected chi connectivity index (χ0v) is 12.8. The molecule has 1 heterocycles. The molecule has 0 saturated heterocycles. The number of hydrogen-bond donors (Lipinski definition) is 1. The predicted molar refractivity (Wildman–Crippen MR) is 89.0 cm³/mol. The lowest BCUT2D eigenvalue weighted by Crippen LogP contribution is -2.17. The van der Waals surface area contributed by atoms with Crippen LogP contribution >= 0.6 is 11.3 Å². The number of nitrogens with one attached hydrogen (secondary N) is 1. The number of allylic oxidation sites excluding steroid dienone is 1. The standard InChI is InChI=1S/C15H13N5O2S/c21-20(22)14-10-16-15(23-14)19-18-13-8-6-12(7-9-13)17-11-4-2-1-3-5-11/h1-6,8-10,12,17H,7H2. The van der Waals surface area contributed by atoms with Gasteiger partial charge in [0.05, 0.1) is 10.6 Å². The fourth-order valence-corrected chi connectivity index (χ4v) is 2.58. The molecular weight excluding hydrogens is 314 g/mol. The van der Waals surface area contributed by atoms with Crippen LogP contribution in [0.4, 0.5) is 15.8 Å². The Morgan fingerprint density at radius 3 is 2.78 bits per heavy atom. The molecule has 1 aliphatic rings. The predicted octanol–water partition coefficient (Wildman–Crippen LogP) is 4.46. The highest BCUT2D eigenvalue weighted by Gasteiger charge is 2.11. The van der Waals surface area contributed by atoms with Crippen LogP contribution in [0.1, 0.15) is 6.42 Å². The molecule has 7 nitrogen and oxygen atoms in total. The second kappa shape index (κ2) is 6.93. The van der Waals surface area contributed by atoms with Crippen LogP contribution in [0.2, 0.25) is 0 Å². The van der Waals surface area contributed by atoms with E-state index in [0.29, 0.717) is 5.70 Å². The van der Waals surface area contributed by atoms with Crippen molar-refractivity contribution in [3.8, 4) is 0 Å². The average molecular weight is 327 g/mol. The summed E-state index contributed by atoms with van der Waals surface area (Å²) in [6.45, 7) is 0. The maximum absolute atomic E-state index is 10.6. The molecule has 1 N–H and O–H groups in total. The van der Waals surface area contributed by atoms with Crippen LogP contribution < -0.4 is 5.32 Å². The molecule has 0 saturated carbocycles. The van der Waals surface area contributed by atoms with Crippen molar-refractivity contribution in [1.29, 1.82) is 0 Å². The molecule has 0 aliphatic heterocycles. The SMILES string of the molecule is O=[N+]([O-])c1cnc(N=NC2=CCC(Nc3ccccc3)C=C2)s1. The van der Waals surface area contributed by atoms with E-state index in [4.69, 9.17) is 0 Å². The van der Waals surface area contributed by atoms with Crippen molar-refractivity contribution in [1.82, 2.24) is 4.98 Å². The highest BCUT2D eigenvalue weighted by molar-refractivity contribution is 7.18. The van der Waals surface area contributed by atoms with Gasteiger partial charge in [0.15, 0.2) is 0 Å². The van der Waals surface area contributed by atoms with Crippen LogP contribution in [0.15, 0.2) is 70.7 Å². The number of nitro groups is 1. The monoisotopic (exact) mass is 327 g/mol. The lowest BCUT2D eigenvalue weighted by molar-refractivity contribution is -0.380. The molecule has 1 unspecified atom stereocenters. The van der Waals surface area contributed by atoms with Crippen molar-refractivity contribution in [3.63, 3.8) is 0 Å². The summed E-state index contributed by atoms with van der Waals surface area (Å²) in [6, 6.07) is 10.2. The number of azo groups is 1. The molecule has 1 aromatic heterocycles. The van der Waals surface area contributed by atoms with Crippen molar-refractivity contribution >= 4 is 27.2 Å². The van der Waals surface area contributed by atoms with E-state index in [1.807, 2.05) is 48.6 Å². The second-order valence-electron chi connectivity index (χ2n) is 4.78. The molecule has 1 atom stereocenters. The molecule has 0 amide bonds. The van der Waals surface area contributed by atoms with E-state index in [9.17, 15) is 10.1 Å². The third-order valence-electron chi connectivity index (χ3n) is 3.12. The first-order chi connectivity index (χ1) is 11.2. The van der Waals surface area contributed by atoms with Crippen molar-refractivity contribution < 1.29 is 4.92 Å². The van der Waals surface area contributed by atoms with Gasteiger partial charge in [0.25, 0.3) is 0 Å². The van der Waals surface area contributed by atoms with Crippen molar-refractivity contribution in [2.75, 3.05) is 5.32 Å². The molecular formula is C15H13N5O2S. The highest BCUT2D eigenvalue weighted by atomic mass is 32.1. The van der Waals surface area contributed by atoms with Crippen molar-refractivity contribution in [3.05, 3.63) is 70.6 Å². The van der Waals surface area contributed by atoms with Crippen molar-refractivity contribution in [2.45, 2.75) is 12.5 Å². The van der Waals surface area contributed by atoms with E-state index in [1.54, 1.807) is 0 Å². The van der Waals surface area contributed by atoms with Gasteiger partial charge in [0.2, 0.25) is 5.13 Å². The Morgan fingerprint density at radius 1 is 1.30 bits per heavy atom. The maximum Gasteiger partial charge on any atom is 0.345 e. The summed E-state index contributed by atoms with van der Waals surface area (Å²) in [7, 11) is 0. The summed E-state index contributed by atoms with van der Waals surface area (Å²) in [5.41, 5.74) is 1.78. The first-order valence-corrected chi connectivity index (χ1v) is 7.74. The fourth-order valence-electron chi connectivity index (χ4n) is 2.03. The molecule has 0 radical (unpaired) electrons. The molecule has 0 spiro atoms. The summed E-state index contributed by atoms with van der Waals surface area (Å²) in [6.07, 6.45) is 7.83. The molecule has 8 heteroatoms. The van der Waals surface area contributed by atoms with E-state index < -0.39 is 4.92 Å². The van der Waals surface area contributed by atoms with Gasteiger partial charge in [-0.15, -0.1) is 10.2 Å². The summed E-state index contributed by atoms with van der Waals surface area (Å²) >= 11 is 0.898. The number of anilines is 1. The van der Waals surface area contributed by atoms with Gasteiger partial charge in [-0.05, 0) is 36.0 Å². The third kappa shape index (κ3) is 4.07. The smallest absolute Gasteiger partial charge is 0.345 e. The van der Waals surface area contributed by atoms with Crippen LogP contribution in [0.3, 0.4) is 0 Å². The van der Waals surface area contributed by atoms with Crippen LogP contribution in [0, 0.1) is 10.1 Å². The number of nitrogens with zero attached hydrogens (tertiary/aromatic N) is 4. The summed E-state index contributed by atoms with van der Waals surface area (Å²) in [5, 5.41) is 22.2. The minimum Gasteiger partial charge on any atom is -0.379 e. The van der Waals surface area contributed by atoms with Gasteiger partial charge in [-0.1, -0.05) is 30.4 Å². The van der Waals surface area contributed by atoms with Crippen molar-refractivity contribution in [2.24, 2.45) is 10.2 Å². The molecule has 0 fully saturated rings. The number of hydrogen-bond acceptors (Lipinski definition) is 7. The second-order valence-corrected chi connectivity index (χ2v) is 5.77. The lowest BCUT2D eigenvalue weighted by Gasteiger charge is -2.17. The van der Waals surface area contributed by atoms with Crippen LogP contribution in [0.5, 0.6) is 0 Å². The normalized spacial score (nSPS) is 17.2. The average Bonchev–Trinajstić information content (AvgIpc) is 3.04. The Hall–Kier alpha value is -2.87. The Kier molecular flexibility index (Phi) is 4.53. The summed E-state index contributed by atoms with van der Waals surface area (Å²) in [4.78, 5) is 13.9. The Balaban J connectivity index is 1.57. The number of rotatable bonds is 5. The van der Waals surface area contributed by atoms with Crippen LogP contribution in [-0.2, 0) is 0 Å². The molecule has 1 aromatic carbocycles. The largest absolute Gasteiger partial charge is 0.379 e. The minimum absolute atomic E-state index is 0.0424. The van der Waals surface area contributed by atoms with E-state index in [2.05, 4.69) is 20.5 Å². The number of benzene rings is 1. The first kappa shape index (κ1) is 15.0. The molecule has 0 bridgehead atoms. The molecule has 1 aliphatic carbocycles. The lowest BCUT2D eigenvalue weighted by atomic mass is 10.1. The highest BCUT2D eigenvalue weighted by Crippen LogP contribution is 2.28. The van der Waals surface area contributed by atoms with E-state index in [1.165, 1.54) is 6.20 Å². The van der Waals surface area contributed by atoms with Gasteiger partial charge in [-0.3, -0.25) is 10.1 Å². The zero-order valence-electron chi connectivity index (χ0n) is 12.0. The van der Waals surface area contributed by atoms with E-state index in [0.717, 1.165) is 23.4 Å². The summed E-state index contributed by atoms with van der Waals surface area (Å²) in [5.74, 6) is 0. The first-order valence-electron chi connectivity index (χ1n) is 6.92. The Labute approximate surface area is 136 Å². The maximum atomic E-state index is 10.6. The van der Waals surface area contributed by atoms with E-state index in [-0.39, 0.29) is 16.2 Å². The number of aromatic nitrogens is 1. The van der Waals surface area contributed by atoms with Crippen LogP contribution in [0.25, 0.3) is 0 Å². The van der Waals surface area contributed by atoms with Gasteiger partial charge in [0.1, 0.15) is 6.20 Å². The topological polar surface area (TPSA) is 92.8 Å².